The molecule has 2 aromatic carbocycles. The molecular formula is C18H12F3NO5. The summed E-state index contributed by atoms with van der Waals surface area (Å²) in [7, 11) is 0. The molecule has 0 bridgehead atoms. The number of benzene rings is 2. The number of ether oxygens (including phenoxy) is 2. The van der Waals surface area contributed by atoms with Gasteiger partial charge in [-0.3, -0.25) is 9.59 Å². The van der Waals surface area contributed by atoms with Gasteiger partial charge in [0.25, 0.3) is 5.91 Å². The van der Waals surface area contributed by atoms with Gasteiger partial charge in [0.1, 0.15) is 5.75 Å². The van der Waals surface area contributed by atoms with E-state index in [1.165, 1.54) is 18.2 Å². The molecule has 3 rings (SSSR count). The number of carbonyl (C=O) groups excluding carboxylic acids is 3. The minimum atomic E-state index is -4.51. The van der Waals surface area contributed by atoms with E-state index < -0.39 is 30.1 Å². The van der Waals surface area contributed by atoms with Gasteiger partial charge in [0, 0.05) is 5.56 Å². The first kappa shape index (κ1) is 18.4. The van der Waals surface area contributed by atoms with Crippen molar-refractivity contribution >= 4 is 23.3 Å². The SMILES string of the molecule is O=C1COc2ccc(C(=O)COC(=O)c3ccc(C(F)(F)F)cc3)cc2N1. The van der Waals surface area contributed by atoms with Crippen LogP contribution in [0.1, 0.15) is 26.3 Å². The molecule has 1 amide bonds. The van der Waals surface area contributed by atoms with E-state index in [1.807, 2.05) is 0 Å². The van der Waals surface area contributed by atoms with Crippen LogP contribution in [0.4, 0.5) is 18.9 Å². The van der Waals surface area contributed by atoms with Crippen LogP contribution in [0.3, 0.4) is 0 Å². The summed E-state index contributed by atoms with van der Waals surface area (Å²) >= 11 is 0. The number of amides is 1. The van der Waals surface area contributed by atoms with Gasteiger partial charge in [-0.05, 0) is 42.5 Å². The van der Waals surface area contributed by atoms with Crippen molar-refractivity contribution in [1.29, 1.82) is 0 Å². The van der Waals surface area contributed by atoms with Gasteiger partial charge < -0.3 is 14.8 Å². The van der Waals surface area contributed by atoms with E-state index in [-0.39, 0.29) is 23.6 Å². The average molecular weight is 379 g/mol. The lowest BCUT2D eigenvalue weighted by Crippen LogP contribution is -2.25. The highest BCUT2D eigenvalue weighted by Crippen LogP contribution is 2.30. The number of fused-ring (bicyclic) bond motifs is 1. The number of rotatable bonds is 4. The van der Waals surface area contributed by atoms with Crippen molar-refractivity contribution in [2.45, 2.75) is 6.18 Å². The Bertz CT molecular complexity index is 906. The quantitative estimate of drug-likeness (QED) is 0.652. The van der Waals surface area contributed by atoms with Gasteiger partial charge in [0.05, 0.1) is 16.8 Å². The summed E-state index contributed by atoms with van der Waals surface area (Å²) in [5, 5.41) is 2.55. The molecule has 1 heterocycles. The molecule has 2 aromatic rings. The molecule has 1 aliphatic heterocycles. The second-order valence-corrected chi connectivity index (χ2v) is 5.62. The number of hydrogen-bond acceptors (Lipinski definition) is 5. The van der Waals surface area contributed by atoms with E-state index in [1.54, 1.807) is 0 Å². The van der Waals surface area contributed by atoms with E-state index in [0.717, 1.165) is 24.3 Å². The number of alkyl halides is 3. The normalized spacial score (nSPS) is 13.2. The Morgan fingerprint density at radius 3 is 2.41 bits per heavy atom. The Morgan fingerprint density at radius 1 is 1.07 bits per heavy atom. The molecule has 0 saturated carbocycles. The van der Waals surface area contributed by atoms with Crippen molar-refractivity contribution in [2.75, 3.05) is 18.5 Å². The third-order valence-electron chi connectivity index (χ3n) is 3.72. The largest absolute Gasteiger partial charge is 0.482 e. The molecule has 0 fully saturated rings. The lowest BCUT2D eigenvalue weighted by atomic mass is 10.1. The Balaban J connectivity index is 1.63. The smallest absolute Gasteiger partial charge is 0.416 e. The first-order valence-electron chi connectivity index (χ1n) is 7.68. The number of esters is 1. The van der Waals surface area contributed by atoms with Crippen LogP contribution in [0.2, 0.25) is 0 Å². The highest BCUT2D eigenvalue weighted by Gasteiger charge is 2.30. The number of halogens is 3. The molecule has 0 saturated heterocycles. The molecule has 140 valence electrons. The van der Waals surface area contributed by atoms with Crippen molar-refractivity contribution in [3.8, 4) is 5.75 Å². The van der Waals surface area contributed by atoms with E-state index in [9.17, 15) is 27.6 Å². The summed E-state index contributed by atoms with van der Waals surface area (Å²) < 4.78 is 47.5. The third kappa shape index (κ3) is 4.25. The molecule has 1 aliphatic rings. The number of hydrogen-bond donors (Lipinski definition) is 1. The third-order valence-corrected chi connectivity index (χ3v) is 3.72. The first-order chi connectivity index (χ1) is 12.7. The summed E-state index contributed by atoms with van der Waals surface area (Å²) in [6, 6.07) is 7.79. The van der Waals surface area contributed by atoms with Crippen LogP contribution in [0.25, 0.3) is 0 Å². The lowest BCUT2D eigenvalue weighted by molar-refractivity contribution is -0.137. The fourth-order valence-electron chi connectivity index (χ4n) is 2.35. The number of nitrogens with one attached hydrogen (secondary N) is 1. The fraction of sp³-hybridized carbons (Fsp3) is 0.167. The minimum Gasteiger partial charge on any atom is -0.482 e. The molecule has 0 aliphatic carbocycles. The molecule has 0 atom stereocenters. The maximum atomic E-state index is 12.5. The summed E-state index contributed by atoms with van der Waals surface area (Å²) in [4.78, 5) is 35.3. The summed E-state index contributed by atoms with van der Waals surface area (Å²) in [6.07, 6.45) is -4.51. The molecular weight excluding hydrogens is 367 g/mol. The van der Waals surface area contributed by atoms with Crippen molar-refractivity contribution in [1.82, 2.24) is 0 Å². The van der Waals surface area contributed by atoms with Gasteiger partial charge in [0.15, 0.2) is 19.0 Å². The molecule has 0 radical (unpaired) electrons. The van der Waals surface area contributed by atoms with Crippen molar-refractivity contribution < 1.29 is 37.0 Å². The van der Waals surface area contributed by atoms with E-state index in [0.29, 0.717) is 11.4 Å². The van der Waals surface area contributed by atoms with E-state index in [2.05, 4.69) is 5.32 Å². The highest BCUT2D eigenvalue weighted by molar-refractivity contribution is 6.02. The highest BCUT2D eigenvalue weighted by atomic mass is 19.4. The van der Waals surface area contributed by atoms with Crippen LogP contribution >= 0.6 is 0 Å². The molecule has 27 heavy (non-hydrogen) atoms. The van der Waals surface area contributed by atoms with Crippen LogP contribution in [0.15, 0.2) is 42.5 Å². The maximum absolute atomic E-state index is 12.5. The lowest BCUT2D eigenvalue weighted by Gasteiger charge is -2.18. The molecule has 0 aromatic heterocycles. The summed E-state index contributed by atoms with van der Waals surface area (Å²) in [5.74, 6) is -1.42. The topological polar surface area (TPSA) is 81.7 Å². The number of ketones is 1. The van der Waals surface area contributed by atoms with Crippen molar-refractivity contribution in [2.24, 2.45) is 0 Å². The summed E-state index contributed by atoms with van der Waals surface area (Å²) in [5.41, 5.74) is -0.499. The Hall–Kier alpha value is -3.36. The second kappa shape index (κ2) is 7.10. The van der Waals surface area contributed by atoms with Crippen LogP contribution in [-0.4, -0.2) is 30.9 Å². The average Bonchev–Trinajstić information content (AvgIpc) is 2.64. The van der Waals surface area contributed by atoms with Crippen molar-refractivity contribution in [3.05, 3.63) is 59.2 Å². The summed E-state index contributed by atoms with van der Waals surface area (Å²) in [6.45, 7) is -0.724. The number of anilines is 1. The Kier molecular flexibility index (Phi) is 4.85. The van der Waals surface area contributed by atoms with Gasteiger partial charge >= 0.3 is 12.1 Å². The zero-order valence-electron chi connectivity index (χ0n) is 13.6. The molecule has 0 spiro atoms. The van der Waals surface area contributed by atoms with Gasteiger partial charge in [-0.2, -0.15) is 13.2 Å². The van der Waals surface area contributed by atoms with E-state index >= 15 is 0 Å². The maximum Gasteiger partial charge on any atom is 0.416 e. The zero-order valence-corrected chi connectivity index (χ0v) is 13.6. The number of carbonyl (C=O) groups is 3. The molecule has 0 unspecified atom stereocenters. The van der Waals surface area contributed by atoms with E-state index in [4.69, 9.17) is 9.47 Å². The predicted octanol–water partition coefficient (Wildman–Crippen LogP) is 3.08. The Labute approximate surface area is 150 Å². The zero-order chi connectivity index (χ0) is 19.6. The van der Waals surface area contributed by atoms with Crippen LogP contribution < -0.4 is 10.1 Å². The molecule has 9 heteroatoms. The second-order valence-electron chi connectivity index (χ2n) is 5.62. The van der Waals surface area contributed by atoms with Gasteiger partial charge in [0.2, 0.25) is 0 Å². The Morgan fingerprint density at radius 2 is 1.74 bits per heavy atom. The van der Waals surface area contributed by atoms with Crippen LogP contribution in [-0.2, 0) is 15.7 Å². The molecule has 1 N–H and O–H groups in total. The minimum absolute atomic E-state index is 0.109. The van der Waals surface area contributed by atoms with Crippen molar-refractivity contribution in [3.63, 3.8) is 0 Å². The predicted molar refractivity (Wildman–Crippen MR) is 86.6 cm³/mol. The van der Waals surface area contributed by atoms with Crippen LogP contribution in [0.5, 0.6) is 5.75 Å². The van der Waals surface area contributed by atoms with Gasteiger partial charge in [-0.15, -0.1) is 0 Å². The molecule has 6 nitrogen and oxygen atoms in total. The fourth-order valence-corrected chi connectivity index (χ4v) is 2.35. The number of Topliss-reactive ketones (excluding diaryl/α,β-unsaturated/α-hetero) is 1. The first-order valence-corrected chi connectivity index (χ1v) is 7.68. The standard InChI is InChI=1S/C18H12F3NO5/c19-18(20,21)12-4-1-10(2-5-12)17(25)27-8-14(23)11-3-6-15-13(7-11)22-16(24)9-26-15/h1-7H,8-9H2,(H,22,24). The van der Waals surface area contributed by atoms with Gasteiger partial charge in [-0.1, -0.05) is 0 Å². The monoisotopic (exact) mass is 379 g/mol. The van der Waals surface area contributed by atoms with Crippen LogP contribution in [0, 0.1) is 0 Å². The van der Waals surface area contributed by atoms with Gasteiger partial charge in [-0.25, -0.2) is 4.79 Å².